The number of rotatable bonds is 8. The van der Waals surface area contributed by atoms with E-state index in [0.717, 1.165) is 0 Å². The molecule has 5 rings (SSSR count). The minimum absolute atomic E-state index is 0.0304. The van der Waals surface area contributed by atoms with Crippen molar-refractivity contribution in [2.24, 2.45) is 28.6 Å². The van der Waals surface area contributed by atoms with Gasteiger partial charge in [0.05, 0.1) is 18.3 Å². The van der Waals surface area contributed by atoms with Crippen LogP contribution < -0.4 is 4.74 Å². The summed E-state index contributed by atoms with van der Waals surface area (Å²) in [5.41, 5.74) is -4.87. The number of hydrogen-bond donors (Lipinski definition) is 3. The van der Waals surface area contributed by atoms with Crippen molar-refractivity contribution in [2.75, 3.05) is 6.61 Å². The van der Waals surface area contributed by atoms with Crippen LogP contribution in [0.25, 0.3) is 0 Å². The SMILES string of the molecule is C[C@@H]1C[C@H]2[C@@H]3CCC4=CC(=O)C=C[C@]4(C)[C@@]3(F)[C@@H](O)C[C@]2(C)[C@@]1(O)C(=O)CCCCOc1ccc(C(=O)O)cc1. The smallest absolute Gasteiger partial charge is 0.335 e. The highest BCUT2D eigenvalue weighted by molar-refractivity contribution is 6.01. The molecule has 0 bridgehead atoms. The van der Waals surface area contributed by atoms with Crippen molar-refractivity contribution in [3.63, 3.8) is 0 Å². The van der Waals surface area contributed by atoms with Crippen molar-refractivity contribution in [1.82, 2.24) is 0 Å². The molecule has 0 saturated heterocycles. The van der Waals surface area contributed by atoms with E-state index in [1.54, 1.807) is 25.1 Å². The Labute approximate surface area is 234 Å². The lowest BCUT2D eigenvalue weighted by molar-refractivity contribution is -0.218. The van der Waals surface area contributed by atoms with Crippen LogP contribution >= 0.6 is 0 Å². The number of aromatic carboxylic acids is 1. The van der Waals surface area contributed by atoms with Gasteiger partial charge in [0, 0.05) is 23.2 Å². The van der Waals surface area contributed by atoms with Gasteiger partial charge in [-0.1, -0.05) is 25.5 Å². The maximum absolute atomic E-state index is 17.3. The number of ether oxygens (including phenoxy) is 1. The van der Waals surface area contributed by atoms with Gasteiger partial charge in [-0.25, -0.2) is 9.18 Å². The van der Waals surface area contributed by atoms with Crippen LogP contribution in [0.2, 0.25) is 0 Å². The van der Waals surface area contributed by atoms with Gasteiger partial charge in [0.2, 0.25) is 0 Å². The molecule has 8 heteroatoms. The van der Waals surface area contributed by atoms with Gasteiger partial charge in [0.1, 0.15) is 11.4 Å². The van der Waals surface area contributed by atoms with E-state index in [4.69, 9.17) is 9.84 Å². The number of unbranched alkanes of at least 4 members (excludes halogenated alkanes) is 1. The molecule has 3 fully saturated rings. The van der Waals surface area contributed by atoms with Crippen molar-refractivity contribution >= 4 is 17.5 Å². The second-order valence-corrected chi connectivity index (χ2v) is 12.7. The van der Waals surface area contributed by atoms with Crippen LogP contribution in [-0.2, 0) is 9.59 Å². The number of carboxylic acids is 1. The molecule has 3 saturated carbocycles. The summed E-state index contributed by atoms with van der Waals surface area (Å²) in [5, 5.41) is 32.5. The normalized spacial score (nSPS) is 40.0. The van der Waals surface area contributed by atoms with E-state index in [1.165, 1.54) is 24.3 Å². The fraction of sp³-hybridized carbons (Fsp3) is 0.594. The molecule has 0 amide bonds. The summed E-state index contributed by atoms with van der Waals surface area (Å²) >= 11 is 0. The first kappa shape index (κ1) is 28.7. The van der Waals surface area contributed by atoms with Crippen LogP contribution in [0.3, 0.4) is 0 Å². The molecule has 0 aliphatic heterocycles. The molecule has 3 N–H and O–H groups in total. The van der Waals surface area contributed by atoms with Crippen molar-refractivity contribution in [2.45, 2.75) is 83.1 Å². The van der Waals surface area contributed by atoms with E-state index in [2.05, 4.69) is 0 Å². The number of benzene rings is 1. The Balaban J connectivity index is 1.27. The van der Waals surface area contributed by atoms with E-state index in [9.17, 15) is 24.6 Å². The number of hydrogen-bond acceptors (Lipinski definition) is 6. The highest BCUT2D eigenvalue weighted by Crippen LogP contribution is 2.70. The number of fused-ring (bicyclic) bond motifs is 5. The summed E-state index contributed by atoms with van der Waals surface area (Å²) in [6, 6.07) is 6.11. The lowest BCUT2D eigenvalue weighted by Crippen LogP contribution is -2.69. The summed E-state index contributed by atoms with van der Waals surface area (Å²) in [7, 11) is 0. The lowest BCUT2D eigenvalue weighted by Gasteiger charge is -2.62. The molecule has 1 aromatic rings. The molecule has 0 spiro atoms. The molecule has 0 unspecified atom stereocenters. The van der Waals surface area contributed by atoms with E-state index in [1.807, 2.05) is 13.8 Å². The molecule has 40 heavy (non-hydrogen) atoms. The summed E-state index contributed by atoms with van der Waals surface area (Å²) in [6.45, 7) is 5.80. The van der Waals surface area contributed by atoms with Crippen molar-refractivity contribution < 1.29 is 38.8 Å². The minimum Gasteiger partial charge on any atom is -0.494 e. The van der Waals surface area contributed by atoms with E-state index in [0.29, 0.717) is 50.0 Å². The number of Topliss-reactive ketones (excluding diaryl/α,β-unsaturated/α-hetero) is 1. The average molecular weight is 555 g/mol. The minimum atomic E-state index is -1.99. The van der Waals surface area contributed by atoms with Gasteiger partial charge in [0.25, 0.3) is 0 Å². The van der Waals surface area contributed by atoms with Crippen LogP contribution in [0.4, 0.5) is 4.39 Å². The summed E-state index contributed by atoms with van der Waals surface area (Å²) in [5.74, 6) is -2.14. The first-order valence-electron chi connectivity index (χ1n) is 14.3. The molecular weight excluding hydrogens is 515 g/mol. The summed E-state index contributed by atoms with van der Waals surface area (Å²) in [4.78, 5) is 36.7. The first-order chi connectivity index (χ1) is 18.8. The number of carbonyl (C=O) groups is 3. The third kappa shape index (κ3) is 4.01. The van der Waals surface area contributed by atoms with Crippen LogP contribution in [0.1, 0.15) is 76.1 Å². The third-order valence-corrected chi connectivity index (χ3v) is 10.8. The summed E-state index contributed by atoms with van der Waals surface area (Å²) in [6.07, 6.45) is 5.77. The van der Waals surface area contributed by atoms with Gasteiger partial charge in [-0.2, -0.15) is 0 Å². The zero-order chi connectivity index (χ0) is 29.1. The van der Waals surface area contributed by atoms with E-state index < -0.39 is 40.1 Å². The number of aliphatic hydroxyl groups is 2. The van der Waals surface area contributed by atoms with Gasteiger partial charge in [-0.3, -0.25) is 9.59 Å². The van der Waals surface area contributed by atoms with E-state index >= 15 is 4.39 Å². The lowest BCUT2D eigenvalue weighted by atomic mass is 9.44. The van der Waals surface area contributed by atoms with Crippen LogP contribution in [0, 0.1) is 28.6 Å². The average Bonchev–Trinajstić information content (AvgIpc) is 3.11. The number of halogens is 1. The fourth-order valence-corrected chi connectivity index (χ4v) is 8.60. The predicted molar refractivity (Wildman–Crippen MR) is 146 cm³/mol. The molecule has 216 valence electrons. The second kappa shape index (κ2) is 9.91. The Morgan fingerprint density at radius 1 is 1.12 bits per heavy atom. The number of ketones is 2. The zero-order valence-electron chi connectivity index (χ0n) is 23.4. The molecular formula is C32H39FO7. The Kier molecular flexibility index (Phi) is 7.11. The molecule has 8 atom stereocenters. The fourth-order valence-electron chi connectivity index (χ4n) is 8.60. The highest BCUT2D eigenvalue weighted by atomic mass is 19.1. The summed E-state index contributed by atoms with van der Waals surface area (Å²) < 4.78 is 22.9. The van der Waals surface area contributed by atoms with Crippen LogP contribution in [0.15, 0.2) is 48.1 Å². The van der Waals surface area contributed by atoms with Crippen LogP contribution in [-0.4, -0.2) is 56.8 Å². The van der Waals surface area contributed by atoms with Crippen molar-refractivity contribution in [1.29, 1.82) is 0 Å². The second-order valence-electron chi connectivity index (χ2n) is 12.7. The molecule has 1 aromatic carbocycles. The Morgan fingerprint density at radius 3 is 2.50 bits per heavy atom. The monoisotopic (exact) mass is 554 g/mol. The van der Waals surface area contributed by atoms with Crippen molar-refractivity contribution in [3.8, 4) is 5.75 Å². The number of carboxylic acid groups (broad SMARTS) is 1. The Bertz CT molecular complexity index is 1270. The van der Waals surface area contributed by atoms with Gasteiger partial charge < -0.3 is 20.1 Å². The maximum atomic E-state index is 17.3. The molecule has 4 aliphatic rings. The molecule has 7 nitrogen and oxygen atoms in total. The largest absolute Gasteiger partial charge is 0.494 e. The van der Waals surface area contributed by atoms with E-state index in [-0.39, 0.29) is 41.8 Å². The van der Waals surface area contributed by atoms with Gasteiger partial charge in [-0.05, 0) is 93.7 Å². The van der Waals surface area contributed by atoms with Gasteiger partial charge in [-0.15, -0.1) is 0 Å². The molecule has 0 aromatic heterocycles. The number of carbonyl (C=O) groups excluding carboxylic acids is 2. The zero-order valence-corrected chi connectivity index (χ0v) is 23.4. The first-order valence-corrected chi connectivity index (χ1v) is 14.3. The topological polar surface area (TPSA) is 121 Å². The highest BCUT2D eigenvalue weighted by Gasteiger charge is 2.75. The number of alkyl halides is 1. The molecule has 0 heterocycles. The third-order valence-electron chi connectivity index (χ3n) is 10.8. The van der Waals surface area contributed by atoms with Crippen LogP contribution in [0.5, 0.6) is 5.75 Å². The Hall–Kier alpha value is -2.84. The quantitative estimate of drug-likeness (QED) is 0.393. The molecule has 4 aliphatic carbocycles. The standard InChI is InChI=1S/C32H39FO7/c1-19-16-25-24-12-9-21-17-22(34)13-14-29(21,2)31(24,33)27(36)18-30(25,3)32(19,39)26(35)6-4-5-15-40-23-10-7-20(8-11-23)28(37)38/h7-8,10-11,13-14,17,19,24-25,27,36,39H,4-6,9,12,15-16,18H2,1-3H3,(H,37,38)/t19-,24+,25+,27+,29+,30+,31+,32+/m1/s1. The van der Waals surface area contributed by atoms with Crippen molar-refractivity contribution in [3.05, 3.63) is 53.6 Å². The van der Waals surface area contributed by atoms with Gasteiger partial charge in [0.15, 0.2) is 17.2 Å². The number of aliphatic hydroxyl groups excluding tert-OH is 1. The predicted octanol–water partition coefficient (Wildman–Crippen LogP) is 4.85. The van der Waals surface area contributed by atoms with Gasteiger partial charge >= 0.3 is 5.97 Å². The number of allylic oxidation sites excluding steroid dienone is 4. The molecule has 0 radical (unpaired) electrons. The maximum Gasteiger partial charge on any atom is 0.335 e. The Morgan fingerprint density at radius 2 is 1.82 bits per heavy atom.